The van der Waals surface area contributed by atoms with Crippen molar-refractivity contribution in [3.8, 4) is 0 Å². The molecule has 0 aromatic heterocycles. The topological polar surface area (TPSA) is 27.3 Å². The SMILES string of the molecule is CNc1cccc(C(C)(NC)N2CCCC2)c1. The molecule has 1 aliphatic heterocycles. The molecule has 0 radical (unpaired) electrons. The van der Waals surface area contributed by atoms with Crippen molar-refractivity contribution >= 4 is 5.69 Å². The van der Waals surface area contributed by atoms with Gasteiger partial charge in [-0.25, -0.2) is 0 Å². The van der Waals surface area contributed by atoms with Gasteiger partial charge in [0.15, 0.2) is 0 Å². The van der Waals surface area contributed by atoms with Crippen LogP contribution in [-0.2, 0) is 5.66 Å². The van der Waals surface area contributed by atoms with Gasteiger partial charge in [0, 0.05) is 25.8 Å². The standard InChI is InChI=1S/C14H23N3/c1-14(16-3,17-9-4-5-10-17)12-7-6-8-13(11-12)15-2/h6-8,11,15-16H,4-5,9-10H2,1-3H3. The first kappa shape index (κ1) is 12.4. The molecule has 0 aliphatic carbocycles. The minimum atomic E-state index is -0.0522. The lowest BCUT2D eigenvalue weighted by atomic mass is 9.99. The summed E-state index contributed by atoms with van der Waals surface area (Å²) in [7, 11) is 4.01. The summed E-state index contributed by atoms with van der Waals surface area (Å²) < 4.78 is 0. The molecule has 1 aliphatic rings. The molecule has 94 valence electrons. The Kier molecular flexibility index (Phi) is 3.69. The summed E-state index contributed by atoms with van der Waals surface area (Å²) in [6.07, 6.45) is 2.62. The van der Waals surface area contributed by atoms with E-state index >= 15 is 0 Å². The molecule has 1 aromatic carbocycles. The third-order valence-corrected chi connectivity index (χ3v) is 3.94. The number of rotatable bonds is 4. The lowest BCUT2D eigenvalue weighted by molar-refractivity contribution is 0.105. The minimum absolute atomic E-state index is 0.0522. The van der Waals surface area contributed by atoms with Gasteiger partial charge < -0.3 is 5.32 Å². The second-order valence-corrected chi connectivity index (χ2v) is 4.85. The molecule has 1 heterocycles. The van der Waals surface area contributed by atoms with Crippen LogP contribution in [0.5, 0.6) is 0 Å². The third kappa shape index (κ3) is 2.31. The third-order valence-electron chi connectivity index (χ3n) is 3.94. The van der Waals surface area contributed by atoms with E-state index in [2.05, 4.69) is 46.7 Å². The van der Waals surface area contributed by atoms with Crippen molar-refractivity contribution in [3.63, 3.8) is 0 Å². The number of hydrogen-bond acceptors (Lipinski definition) is 3. The maximum Gasteiger partial charge on any atom is 0.0944 e. The van der Waals surface area contributed by atoms with Gasteiger partial charge in [0.25, 0.3) is 0 Å². The molecule has 17 heavy (non-hydrogen) atoms. The summed E-state index contributed by atoms with van der Waals surface area (Å²) in [5.74, 6) is 0. The van der Waals surface area contributed by atoms with E-state index in [1.807, 2.05) is 14.1 Å². The Bertz CT molecular complexity index is 371. The van der Waals surface area contributed by atoms with Gasteiger partial charge in [-0.1, -0.05) is 12.1 Å². The van der Waals surface area contributed by atoms with Crippen molar-refractivity contribution in [2.24, 2.45) is 0 Å². The average molecular weight is 233 g/mol. The molecule has 1 atom stereocenters. The molecule has 0 amide bonds. The van der Waals surface area contributed by atoms with E-state index in [-0.39, 0.29) is 5.66 Å². The number of benzene rings is 1. The van der Waals surface area contributed by atoms with Gasteiger partial charge in [-0.3, -0.25) is 10.2 Å². The van der Waals surface area contributed by atoms with Crippen LogP contribution in [-0.4, -0.2) is 32.1 Å². The first-order chi connectivity index (χ1) is 8.20. The predicted octanol–water partition coefficient (Wildman–Crippen LogP) is 2.22. The highest BCUT2D eigenvalue weighted by Gasteiger charge is 2.33. The molecule has 3 nitrogen and oxygen atoms in total. The number of anilines is 1. The van der Waals surface area contributed by atoms with Gasteiger partial charge in [0.05, 0.1) is 5.66 Å². The number of nitrogens with zero attached hydrogens (tertiary/aromatic N) is 1. The van der Waals surface area contributed by atoms with Crippen molar-refractivity contribution < 1.29 is 0 Å². The molecule has 1 fully saturated rings. The van der Waals surface area contributed by atoms with Gasteiger partial charge in [-0.2, -0.15) is 0 Å². The molecule has 3 heteroatoms. The number of likely N-dealkylation sites (tertiary alicyclic amines) is 1. The quantitative estimate of drug-likeness (QED) is 0.835. The van der Waals surface area contributed by atoms with Gasteiger partial charge >= 0.3 is 0 Å². The van der Waals surface area contributed by atoms with Crippen molar-refractivity contribution in [1.82, 2.24) is 10.2 Å². The molecule has 1 unspecified atom stereocenters. The Morgan fingerprint density at radius 3 is 2.47 bits per heavy atom. The van der Waals surface area contributed by atoms with Crippen LogP contribution in [0.1, 0.15) is 25.3 Å². The summed E-state index contributed by atoms with van der Waals surface area (Å²) in [6, 6.07) is 8.65. The Labute approximate surface area is 104 Å². The summed E-state index contributed by atoms with van der Waals surface area (Å²) in [4.78, 5) is 2.53. The summed E-state index contributed by atoms with van der Waals surface area (Å²) >= 11 is 0. The Morgan fingerprint density at radius 1 is 1.18 bits per heavy atom. The molecule has 0 spiro atoms. The molecular weight excluding hydrogens is 210 g/mol. The largest absolute Gasteiger partial charge is 0.388 e. The van der Waals surface area contributed by atoms with Crippen LogP contribution in [0.25, 0.3) is 0 Å². The van der Waals surface area contributed by atoms with E-state index in [9.17, 15) is 0 Å². The van der Waals surface area contributed by atoms with Crippen molar-refractivity contribution in [1.29, 1.82) is 0 Å². The Morgan fingerprint density at radius 2 is 1.88 bits per heavy atom. The monoisotopic (exact) mass is 233 g/mol. The van der Waals surface area contributed by atoms with E-state index in [1.54, 1.807) is 0 Å². The van der Waals surface area contributed by atoms with Crippen LogP contribution in [0.4, 0.5) is 5.69 Å². The fraction of sp³-hybridized carbons (Fsp3) is 0.571. The van der Waals surface area contributed by atoms with Crippen LogP contribution >= 0.6 is 0 Å². The second kappa shape index (κ2) is 5.07. The Hall–Kier alpha value is -1.06. The second-order valence-electron chi connectivity index (χ2n) is 4.85. The maximum absolute atomic E-state index is 3.49. The van der Waals surface area contributed by atoms with E-state index in [4.69, 9.17) is 0 Å². The van der Waals surface area contributed by atoms with Crippen LogP contribution in [0.3, 0.4) is 0 Å². The molecule has 0 bridgehead atoms. The highest BCUT2D eigenvalue weighted by Crippen LogP contribution is 2.30. The fourth-order valence-corrected chi connectivity index (χ4v) is 2.63. The molecule has 2 N–H and O–H groups in total. The summed E-state index contributed by atoms with van der Waals surface area (Å²) in [5.41, 5.74) is 2.44. The van der Waals surface area contributed by atoms with Crippen LogP contribution in [0.15, 0.2) is 24.3 Å². The number of hydrogen-bond donors (Lipinski definition) is 2. The van der Waals surface area contributed by atoms with Crippen LogP contribution in [0.2, 0.25) is 0 Å². The van der Waals surface area contributed by atoms with Crippen molar-refractivity contribution in [2.45, 2.75) is 25.4 Å². The first-order valence-electron chi connectivity index (χ1n) is 6.43. The number of nitrogens with one attached hydrogen (secondary N) is 2. The molecule has 0 saturated carbocycles. The maximum atomic E-state index is 3.49. The van der Waals surface area contributed by atoms with E-state index in [1.165, 1.54) is 37.2 Å². The van der Waals surface area contributed by atoms with Gasteiger partial charge in [-0.15, -0.1) is 0 Å². The average Bonchev–Trinajstić information content (AvgIpc) is 2.92. The zero-order chi connectivity index (χ0) is 12.3. The smallest absolute Gasteiger partial charge is 0.0944 e. The van der Waals surface area contributed by atoms with E-state index in [0.29, 0.717) is 0 Å². The predicted molar refractivity (Wildman–Crippen MR) is 73.2 cm³/mol. The van der Waals surface area contributed by atoms with Gasteiger partial charge in [-0.05, 0) is 44.5 Å². The van der Waals surface area contributed by atoms with Gasteiger partial charge in [0.2, 0.25) is 0 Å². The normalized spacial score (nSPS) is 20.2. The zero-order valence-corrected chi connectivity index (χ0v) is 11.1. The van der Waals surface area contributed by atoms with Crippen LogP contribution < -0.4 is 10.6 Å². The first-order valence-corrected chi connectivity index (χ1v) is 6.43. The van der Waals surface area contributed by atoms with E-state index in [0.717, 1.165) is 0 Å². The van der Waals surface area contributed by atoms with Gasteiger partial charge in [0.1, 0.15) is 0 Å². The highest BCUT2D eigenvalue weighted by atomic mass is 15.3. The highest BCUT2D eigenvalue weighted by molar-refractivity contribution is 5.46. The lowest BCUT2D eigenvalue weighted by Gasteiger charge is -2.39. The van der Waals surface area contributed by atoms with E-state index < -0.39 is 0 Å². The minimum Gasteiger partial charge on any atom is -0.388 e. The molecule has 1 saturated heterocycles. The lowest BCUT2D eigenvalue weighted by Crippen LogP contribution is -2.51. The summed E-state index contributed by atoms with van der Waals surface area (Å²) in [6.45, 7) is 4.63. The fourth-order valence-electron chi connectivity index (χ4n) is 2.63. The van der Waals surface area contributed by atoms with Crippen LogP contribution in [0, 0.1) is 0 Å². The molecule has 2 rings (SSSR count). The molecular formula is C14H23N3. The molecule has 1 aromatic rings. The van der Waals surface area contributed by atoms with Crippen molar-refractivity contribution in [3.05, 3.63) is 29.8 Å². The summed E-state index contributed by atoms with van der Waals surface area (Å²) in [5, 5.41) is 6.69. The van der Waals surface area contributed by atoms with Crippen molar-refractivity contribution in [2.75, 3.05) is 32.5 Å². The Balaban J connectivity index is 2.32. The zero-order valence-electron chi connectivity index (χ0n) is 11.1.